The van der Waals surface area contributed by atoms with Crippen molar-refractivity contribution in [2.24, 2.45) is 11.5 Å². The molecule has 79 heavy (non-hydrogen) atoms. The van der Waals surface area contributed by atoms with Crippen molar-refractivity contribution in [3.63, 3.8) is 0 Å². The summed E-state index contributed by atoms with van der Waals surface area (Å²) in [7, 11) is 4.18. The molecule has 2 atom stereocenters. The van der Waals surface area contributed by atoms with Gasteiger partial charge < -0.3 is 30.4 Å². The topological polar surface area (TPSA) is 338 Å². The minimum atomic E-state index is -1.63. The van der Waals surface area contributed by atoms with Crippen LogP contribution < -0.4 is 39.9 Å². The number of rotatable bonds is 15. The van der Waals surface area contributed by atoms with Crippen molar-refractivity contribution >= 4 is 68.3 Å². The molecule has 6 N–H and O–H groups in total. The first-order valence-electron chi connectivity index (χ1n) is 23.4. The fourth-order valence-corrected chi connectivity index (χ4v) is 6.74. The van der Waals surface area contributed by atoms with Crippen LogP contribution in [0.25, 0.3) is 0 Å². The van der Waals surface area contributed by atoms with Gasteiger partial charge in [-0.15, -0.1) is 0 Å². The Labute approximate surface area is 478 Å². The summed E-state index contributed by atoms with van der Waals surface area (Å²) in [4.78, 5) is 24.6. The van der Waals surface area contributed by atoms with Crippen LogP contribution in [0.4, 0.5) is 11.4 Å². The predicted molar refractivity (Wildman–Crippen MR) is 311 cm³/mol. The molecule has 0 spiro atoms. The van der Waals surface area contributed by atoms with E-state index in [0.717, 1.165) is 34.2 Å². The van der Waals surface area contributed by atoms with Crippen LogP contribution in [0.2, 0.25) is 0 Å². The van der Waals surface area contributed by atoms with Gasteiger partial charge in [0.25, 0.3) is 22.5 Å². The van der Waals surface area contributed by atoms with E-state index < -0.39 is 22.5 Å². The molecule has 418 valence electrons. The first-order valence-corrected chi connectivity index (χ1v) is 26.3. The minimum Gasteiger partial charge on any atom is -0.495 e. The number of hydrogen-bond acceptors (Lipinski definition) is 20. The molecule has 0 saturated heterocycles. The Kier molecular flexibility index (Phi) is 31.9. The Hall–Kier alpha value is -8.34. The van der Waals surface area contributed by atoms with Crippen molar-refractivity contribution in [2.75, 3.05) is 37.4 Å². The van der Waals surface area contributed by atoms with Gasteiger partial charge in [-0.3, -0.25) is 47.7 Å². The molecule has 26 heteroatoms. The maximum absolute atomic E-state index is 11.1. The molecule has 0 aliphatic carbocycles. The van der Waals surface area contributed by atoms with E-state index in [-0.39, 0.29) is 17.2 Å². The maximum Gasteiger partial charge on any atom is 0.261 e. The molecule has 6 rings (SSSR count). The molecule has 6 heterocycles. The lowest BCUT2D eigenvalue weighted by atomic mass is 10.2. The summed E-state index contributed by atoms with van der Waals surface area (Å²) in [5, 5.41) is 34.7. The summed E-state index contributed by atoms with van der Waals surface area (Å²) >= 11 is 6.51. The molecule has 6 aromatic rings. The summed E-state index contributed by atoms with van der Waals surface area (Å²) in [6.07, 6.45) is 9.35. The van der Waals surface area contributed by atoms with Gasteiger partial charge in [0.05, 0.1) is 68.2 Å². The standard InChI is InChI=1S/C10H14N2OS.C10H12N2O.C9H10N2O.C8H11N3O2S2.C8H9N3O2S.C8H8N2O/c1-6(2)13-9-4-7(3)12-5-8(9)10(11)14;1-7(2)13-10-4-8(3)12-6-9(10)5-11;1-3-12-9-4-7(2)11-6-8(9)5-10;1-5-3-7(11-15(12)13-2)6(4-10-5)8(9)14;1-6-3-8(11-14(12)13-2)7(4-9)5-10-6;1-6-3-8(11-2)7(4-9)5-10-6/h4-6H,1-3H3,(H2,11,14);4,6-7H,1-3H3;4,6H,3H2,1-2H3;3-4H,1-2H3,(H2,9,14)(H,10,11);3,5H,1-2H3,(H,10,11);3,5H,1-2H3. The van der Waals surface area contributed by atoms with E-state index >= 15 is 0 Å². The van der Waals surface area contributed by atoms with Crippen LogP contribution in [-0.4, -0.2) is 88.4 Å². The van der Waals surface area contributed by atoms with E-state index in [2.05, 4.69) is 47.7 Å². The smallest absolute Gasteiger partial charge is 0.261 e. The Balaban J connectivity index is 0.000000475. The van der Waals surface area contributed by atoms with Crippen molar-refractivity contribution < 1.29 is 35.7 Å². The van der Waals surface area contributed by atoms with Gasteiger partial charge in [-0.05, 0) is 88.3 Å². The van der Waals surface area contributed by atoms with E-state index in [0.29, 0.717) is 79.3 Å². The number of nitrogens with two attached hydrogens (primary N) is 2. The van der Waals surface area contributed by atoms with Crippen LogP contribution in [0.1, 0.15) is 102 Å². The first kappa shape index (κ1) is 68.7. The van der Waals surface area contributed by atoms with E-state index in [1.54, 1.807) is 43.5 Å². The lowest BCUT2D eigenvalue weighted by molar-refractivity contribution is 0.241. The number of thiocarbonyl (C=S) groups is 2. The fraction of sp³-hybridized carbons (Fsp3) is 0.321. The average Bonchev–Trinajstić information content (AvgIpc) is 3.40. The second kappa shape index (κ2) is 36.6. The zero-order valence-corrected chi connectivity index (χ0v) is 49.6. The van der Waals surface area contributed by atoms with Crippen molar-refractivity contribution in [1.82, 2.24) is 29.9 Å². The van der Waals surface area contributed by atoms with Crippen LogP contribution in [0.15, 0.2) is 73.6 Å². The zero-order valence-electron chi connectivity index (χ0n) is 46.3. The number of ether oxygens (including phenoxy) is 4. The van der Waals surface area contributed by atoms with Gasteiger partial charge in [-0.1, -0.05) is 24.4 Å². The molecule has 0 aromatic carbocycles. The summed E-state index contributed by atoms with van der Waals surface area (Å²) in [5.41, 5.74) is 20.0. The van der Waals surface area contributed by atoms with E-state index in [1.807, 2.05) is 99.6 Å². The Bertz CT molecular complexity index is 3210. The monoisotopic (exact) mass is 1150 g/mol. The molecule has 0 amide bonds. The highest BCUT2D eigenvalue weighted by Crippen LogP contribution is 2.22. The summed E-state index contributed by atoms with van der Waals surface area (Å²) in [6.45, 7) is 21.3. The SMILES string of the molecule is CCOc1cc(C)ncc1C#N.COS(=O)Nc1cc(C)ncc1C#N.COS(=O)Nc1cc(C)ncc1C(N)=S.COc1cc(C)ncc1C#N.Cc1cc(OC(C)C)c(C#N)cn1.Cc1cc(OC(C)C)c(C(N)=S)cn1. The molecule has 2 unspecified atom stereocenters. The number of hydrogen-bond donors (Lipinski definition) is 4. The molecule has 0 bridgehead atoms. The lowest BCUT2D eigenvalue weighted by Crippen LogP contribution is -2.15. The van der Waals surface area contributed by atoms with Crippen LogP contribution in [0.5, 0.6) is 23.0 Å². The highest BCUT2D eigenvalue weighted by Gasteiger charge is 2.11. The third kappa shape index (κ3) is 26.0. The van der Waals surface area contributed by atoms with E-state index in [4.69, 9.17) is 75.9 Å². The highest BCUT2D eigenvalue weighted by molar-refractivity contribution is 7.82. The van der Waals surface area contributed by atoms with Gasteiger partial charge in [0.2, 0.25) is 0 Å². The zero-order chi connectivity index (χ0) is 59.8. The Morgan fingerprint density at radius 3 is 1.25 bits per heavy atom. The van der Waals surface area contributed by atoms with Crippen LogP contribution in [0, 0.1) is 86.9 Å². The second-order valence-corrected chi connectivity index (χ2v) is 19.1. The summed E-state index contributed by atoms with van der Waals surface area (Å²) in [5.74, 6) is 2.53. The fourth-order valence-electron chi connectivity index (χ4n) is 5.56. The van der Waals surface area contributed by atoms with Gasteiger partial charge in [0, 0.05) is 95.6 Å². The number of pyridine rings is 6. The summed E-state index contributed by atoms with van der Waals surface area (Å²) in [6, 6.07) is 18.4. The predicted octanol–water partition coefficient (Wildman–Crippen LogP) is 8.35. The molecule has 0 saturated carbocycles. The second-order valence-electron chi connectivity index (χ2n) is 16.2. The minimum absolute atomic E-state index is 0.0777. The largest absolute Gasteiger partial charge is 0.495 e. The van der Waals surface area contributed by atoms with Crippen molar-refractivity contribution in [1.29, 1.82) is 21.0 Å². The third-order valence-electron chi connectivity index (χ3n) is 9.04. The number of aryl methyl sites for hydroxylation is 6. The van der Waals surface area contributed by atoms with Gasteiger partial charge in [0.15, 0.2) is 0 Å². The first-order chi connectivity index (χ1) is 37.4. The van der Waals surface area contributed by atoms with Gasteiger partial charge in [0.1, 0.15) is 73.9 Å². The molecule has 22 nitrogen and oxygen atoms in total. The van der Waals surface area contributed by atoms with Crippen LogP contribution in [0.3, 0.4) is 0 Å². The molecular weight excluding hydrogens is 1090 g/mol. The molecule has 0 fully saturated rings. The number of methoxy groups -OCH3 is 1. The maximum atomic E-state index is 11.1. The van der Waals surface area contributed by atoms with E-state index in [9.17, 15) is 8.42 Å². The molecule has 0 radical (unpaired) electrons. The number of nitriles is 4. The number of nitrogens with one attached hydrogen (secondary N) is 2. The Morgan fingerprint density at radius 1 is 0.519 bits per heavy atom. The van der Waals surface area contributed by atoms with Crippen molar-refractivity contribution in [2.45, 2.75) is 88.4 Å². The molecule has 0 aliphatic heterocycles. The number of nitrogens with zero attached hydrogens (tertiary/aromatic N) is 10. The van der Waals surface area contributed by atoms with E-state index in [1.165, 1.54) is 52.3 Å². The van der Waals surface area contributed by atoms with Crippen molar-refractivity contribution in [3.8, 4) is 47.3 Å². The molecule has 6 aromatic heterocycles. The molecular formula is C53H64N14O8S4. The van der Waals surface area contributed by atoms with Gasteiger partial charge >= 0.3 is 0 Å². The van der Waals surface area contributed by atoms with Crippen LogP contribution in [-0.2, 0) is 30.9 Å². The van der Waals surface area contributed by atoms with Crippen molar-refractivity contribution in [3.05, 3.63) is 141 Å². The van der Waals surface area contributed by atoms with Gasteiger partial charge in [-0.25, -0.2) is 8.42 Å². The lowest BCUT2D eigenvalue weighted by Gasteiger charge is -2.13. The van der Waals surface area contributed by atoms with Gasteiger partial charge in [-0.2, -0.15) is 21.0 Å². The number of aromatic nitrogens is 6. The third-order valence-corrected chi connectivity index (χ3v) is 10.9. The highest BCUT2D eigenvalue weighted by atomic mass is 32.2. The normalized spacial score (nSPS) is 10.4. The average molecular weight is 1150 g/mol. The number of anilines is 2. The quantitative estimate of drug-likeness (QED) is 0.0701. The van der Waals surface area contributed by atoms with Crippen LogP contribution >= 0.6 is 24.4 Å². The Morgan fingerprint density at radius 2 is 0.848 bits per heavy atom. The summed E-state index contributed by atoms with van der Waals surface area (Å²) < 4.78 is 57.7. The molecule has 0 aliphatic rings.